The first-order valence-corrected chi connectivity index (χ1v) is 25.0. The highest BCUT2D eigenvalue weighted by atomic mass is 16.4. The van der Waals surface area contributed by atoms with E-state index in [0.29, 0.717) is 23.1 Å². The van der Waals surface area contributed by atoms with Crippen LogP contribution in [-0.2, 0) is 62.4 Å². The highest BCUT2D eigenvalue weighted by Gasteiger charge is 2.35. The SMILES string of the molecule is CC(=O)O.CC[C@H](C)[C@H](NC(=O)[C@@H](N)CO)C(=O)N[C@@H](Cc1ccc(O)cc1)C(=O)N[C@@H](CCCN=C(N)N)C(=O)N[C@@H](Cc1ccc(O)cc1)C(=O)N[C@@H](Cc1ccc(O)cc1)C(=O)NCC(=O)N[C@@H](CC(C)C)C(=O)O. The van der Waals surface area contributed by atoms with Gasteiger partial charge in [-0.05, 0) is 84.2 Å². The number of nitrogens with two attached hydrogens (primary N) is 3. The third kappa shape index (κ3) is 24.9. The molecule has 0 aromatic heterocycles. The number of nitrogens with one attached hydrogen (secondary N) is 7. The number of carbonyl (C=O) groups excluding carboxylic acids is 7. The third-order valence-electron chi connectivity index (χ3n) is 11.7. The fourth-order valence-electron chi connectivity index (χ4n) is 7.36. The van der Waals surface area contributed by atoms with Gasteiger partial charge in [-0.25, -0.2) is 4.79 Å². The van der Waals surface area contributed by atoms with Crippen molar-refractivity contribution in [3.63, 3.8) is 0 Å². The summed E-state index contributed by atoms with van der Waals surface area (Å²) >= 11 is 0. The zero-order valence-electron chi connectivity index (χ0n) is 44.2. The number of hydrogen-bond donors (Lipinski definition) is 16. The van der Waals surface area contributed by atoms with E-state index in [1.54, 1.807) is 27.7 Å². The molecule has 8 atom stereocenters. The second-order valence-corrected chi connectivity index (χ2v) is 18.8. The molecule has 0 unspecified atom stereocenters. The standard InChI is InChI=1S/C50H71N11O13.C2H4O2/c1-5-28(4)42(61-43(67)35(51)26-62)48(72)60-39(24-31-12-18-34(65)19-13-31)46(70)57-36(7-6-20-54-50(52)53)45(69)59-38(23-30-10-16-33(64)17-11-30)47(71)58-37(22-29-8-14-32(63)15-9-29)44(68)55-25-41(66)56-40(49(73)74)21-27(2)3;1-2(3)4/h8-19,27-28,35-40,42,62-65H,5-7,20-26,51H2,1-4H3,(H,55,68)(H,56,66)(H,57,70)(H,58,71)(H,59,69)(H,60,72)(H,61,67)(H,73,74)(H4,52,53,54);1H3,(H,3,4)/t28-,35-,36-,37-,38-,39-,40-,42-;/m0./s1. The quantitative estimate of drug-likeness (QED) is 0.0205. The molecule has 0 saturated carbocycles. The number of phenolic OH excluding ortho intramolecular Hbond substituents is 3. The smallest absolute Gasteiger partial charge is 0.326 e. The molecule has 26 heteroatoms. The maximum absolute atomic E-state index is 14.6. The maximum Gasteiger partial charge on any atom is 0.326 e. The van der Waals surface area contributed by atoms with Crippen LogP contribution in [0.3, 0.4) is 0 Å². The van der Waals surface area contributed by atoms with Gasteiger partial charge in [-0.2, -0.15) is 0 Å². The highest BCUT2D eigenvalue weighted by Crippen LogP contribution is 2.17. The monoisotopic (exact) mass is 1090 g/mol. The number of aliphatic imine (C=N–C) groups is 1. The third-order valence-corrected chi connectivity index (χ3v) is 11.7. The molecule has 0 aliphatic heterocycles. The molecule has 3 aromatic rings. The minimum atomic E-state index is -1.51. The second-order valence-electron chi connectivity index (χ2n) is 18.8. The van der Waals surface area contributed by atoms with Gasteiger partial charge in [0.05, 0.1) is 13.2 Å². The number of phenols is 3. The molecule has 3 aromatic carbocycles. The van der Waals surface area contributed by atoms with E-state index in [1.165, 1.54) is 72.8 Å². The Morgan fingerprint density at radius 1 is 0.564 bits per heavy atom. The largest absolute Gasteiger partial charge is 0.508 e. The number of guanidine groups is 1. The summed E-state index contributed by atoms with van der Waals surface area (Å²) < 4.78 is 0. The van der Waals surface area contributed by atoms with Crippen molar-refractivity contribution in [2.24, 2.45) is 34.0 Å². The lowest BCUT2D eigenvalue weighted by Crippen LogP contribution is -2.61. The molecule has 19 N–H and O–H groups in total. The van der Waals surface area contributed by atoms with Gasteiger partial charge in [0.15, 0.2) is 5.96 Å². The molecule has 0 fully saturated rings. The molecule has 0 spiro atoms. The summed E-state index contributed by atoms with van der Waals surface area (Å²) in [4.78, 5) is 122. The summed E-state index contributed by atoms with van der Waals surface area (Å²) in [5.74, 6) is -9.21. The number of rotatable bonds is 30. The number of aliphatic carboxylic acids is 2. The Labute approximate surface area is 451 Å². The van der Waals surface area contributed by atoms with E-state index in [1.807, 2.05) is 0 Å². The van der Waals surface area contributed by atoms with Gasteiger partial charge in [0.2, 0.25) is 41.4 Å². The fourth-order valence-corrected chi connectivity index (χ4v) is 7.36. The number of nitrogens with zero attached hydrogens (tertiary/aromatic N) is 1. The number of aromatic hydroxyl groups is 3. The summed E-state index contributed by atoms with van der Waals surface area (Å²) in [6.07, 6.45) is -0.155. The van der Waals surface area contributed by atoms with Crippen LogP contribution in [0, 0.1) is 11.8 Å². The molecular formula is C52H75N11O15. The Kier molecular flexibility index (Phi) is 28.2. The van der Waals surface area contributed by atoms with E-state index >= 15 is 0 Å². The van der Waals surface area contributed by atoms with E-state index in [2.05, 4.69) is 42.2 Å². The molecular weight excluding hydrogens is 1020 g/mol. The minimum absolute atomic E-state index is 0.000105. The molecule has 7 amide bonds. The van der Waals surface area contributed by atoms with Crippen LogP contribution in [0.15, 0.2) is 77.8 Å². The first-order chi connectivity index (χ1) is 36.7. The normalized spacial score (nSPS) is 13.8. The zero-order valence-corrected chi connectivity index (χ0v) is 44.2. The van der Waals surface area contributed by atoms with Crippen LogP contribution >= 0.6 is 0 Å². The summed E-state index contributed by atoms with van der Waals surface area (Å²) in [5.41, 5.74) is 18.2. The van der Waals surface area contributed by atoms with E-state index in [9.17, 15) is 63.9 Å². The lowest BCUT2D eigenvalue weighted by molar-refractivity contribution is -0.142. The molecule has 26 nitrogen and oxygen atoms in total. The number of carboxylic acids is 2. The molecule has 428 valence electrons. The van der Waals surface area contributed by atoms with Crippen LogP contribution in [0.1, 0.15) is 77.0 Å². The van der Waals surface area contributed by atoms with E-state index in [4.69, 9.17) is 27.1 Å². The number of hydrogen-bond acceptors (Lipinski definition) is 15. The molecule has 0 bridgehead atoms. The van der Waals surface area contributed by atoms with Crippen LogP contribution in [0.25, 0.3) is 0 Å². The minimum Gasteiger partial charge on any atom is -0.508 e. The van der Waals surface area contributed by atoms with E-state index < -0.39 is 115 Å². The maximum atomic E-state index is 14.6. The first kappa shape index (κ1) is 65.6. The summed E-state index contributed by atoms with van der Waals surface area (Å²) in [6.45, 7) is 6.71. The van der Waals surface area contributed by atoms with Crippen molar-refractivity contribution in [3.05, 3.63) is 89.5 Å². The fraction of sp³-hybridized carbons (Fsp3) is 0.462. The number of aliphatic hydroxyl groups excluding tert-OH is 1. The van der Waals surface area contributed by atoms with Gasteiger partial charge in [0.1, 0.15) is 59.5 Å². The highest BCUT2D eigenvalue weighted by molar-refractivity contribution is 5.97. The Morgan fingerprint density at radius 2 is 0.962 bits per heavy atom. The Bertz CT molecular complexity index is 2490. The topological polar surface area (TPSA) is 450 Å². The Hall–Kier alpha value is -8.52. The number of benzene rings is 3. The van der Waals surface area contributed by atoms with E-state index in [0.717, 1.165) is 6.92 Å². The molecule has 0 saturated heterocycles. The molecule has 0 aliphatic rings. The molecule has 3 rings (SSSR count). The Morgan fingerprint density at radius 3 is 1.35 bits per heavy atom. The zero-order chi connectivity index (χ0) is 58.6. The van der Waals surface area contributed by atoms with Crippen molar-refractivity contribution in [2.75, 3.05) is 19.7 Å². The van der Waals surface area contributed by atoms with Gasteiger partial charge in [-0.15, -0.1) is 0 Å². The van der Waals surface area contributed by atoms with Gasteiger partial charge < -0.3 is 85.1 Å². The summed E-state index contributed by atoms with van der Waals surface area (Å²) in [7, 11) is 0. The van der Waals surface area contributed by atoms with Crippen molar-refractivity contribution >= 4 is 59.2 Å². The number of aliphatic hydroxyl groups is 1. The average Bonchev–Trinajstić information content (AvgIpc) is 3.37. The number of amides is 7. The van der Waals surface area contributed by atoms with Gasteiger partial charge >= 0.3 is 5.97 Å². The lowest BCUT2D eigenvalue weighted by atomic mass is 9.96. The van der Waals surface area contributed by atoms with Crippen LogP contribution in [-0.4, -0.2) is 152 Å². The van der Waals surface area contributed by atoms with Crippen molar-refractivity contribution in [1.29, 1.82) is 0 Å². The summed E-state index contributed by atoms with van der Waals surface area (Å²) in [6, 6.07) is 7.47. The Balaban J connectivity index is 0.00000501. The predicted octanol–water partition coefficient (Wildman–Crippen LogP) is -1.50. The molecule has 0 aliphatic carbocycles. The van der Waals surface area contributed by atoms with Crippen molar-refractivity contribution in [1.82, 2.24) is 37.2 Å². The van der Waals surface area contributed by atoms with Gasteiger partial charge in [0, 0.05) is 32.7 Å². The van der Waals surface area contributed by atoms with Gasteiger partial charge in [0.25, 0.3) is 5.97 Å². The second kappa shape index (κ2) is 33.5. The predicted molar refractivity (Wildman–Crippen MR) is 285 cm³/mol. The van der Waals surface area contributed by atoms with Gasteiger partial charge in [-0.1, -0.05) is 70.5 Å². The average molecular weight is 1090 g/mol. The van der Waals surface area contributed by atoms with Crippen LogP contribution in [0.4, 0.5) is 0 Å². The van der Waals surface area contributed by atoms with E-state index in [-0.39, 0.29) is 74.2 Å². The molecule has 78 heavy (non-hydrogen) atoms. The van der Waals surface area contributed by atoms with Crippen LogP contribution < -0.4 is 54.4 Å². The number of carbonyl (C=O) groups is 9. The van der Waals surface area contributed by atoms with Gasteiger partial charge in [-0.3, -0.25) is 43.3 Å². The first-order valence-electron chi connectivity index (χ1n) is 25.0. The van der Waals surface area contributed by atoms with Crippen molar-refractivity contribution < 1.29 is 73.8 Å². The number of carboxylic acid groups (broad SMARTS) is 2. The molecule has 0 heterocycles. The van der Waals surface area contributed by atoms with Crippen LogP contribution in [0.2, 0.25) is 0 Å². The van der Waals surface area contributed by atoms with Crippen LogP contribution in [0.5, 0.6) is 17.2 Å². The van der Waals surface area contributed by atoms with Crippen molar-refractivity contribution in [3.8, 4) is 17.2 Å². The lowest BCUT2D eigenvalue weighted by Gasteiger charge is -2.29. The molecule has 0 radical (unpaired) electrons. The summed E-state index contributed by atoms with van der Waals surface area (Å²) in [5, 5.41) is 74.4. The van der Waals surface area contributed by atoms with Crippen molar-refractivity contribution in [2.45, 2.75) is 122 Å².